The lowest BCUT2D eigenvalue weighted by molar-refractivity contribution is -0.123. The first-order valence-electron chi connectivity index (χ1n) is 8.55. The molecule has 2 heterocycles. The van der Waals surface area contributed by atoms with Crippen LogP contribution in [0.15, 0.2) is 57.3 Å². The van der Waals surface area contributed by atoms with Gasteiger partial charge in [0.25, 0.3) is 11.8 Å². The molecule has 144 valence electrons. The summed E-state index contributed by atoms with van der Waals surface area (Å²) < 4.78 is 11.2. The highest BCUT2D eigenvalue weighted by atomic mass is 79.9. The molecule has 8 nitrogen and oxygen atoms in total. The molecule has 9 heteroatoms. The van der Waals surface area contributed by atoms with Crippen LogP contribution in [0.4, 0.5) is 5.69 Å². The fourth-order valence-electron chi connectivity index (χ4n) is 3.31. The zero-order valence-corrected chi connectivity index (χ0v) is 16.8. The van der Waals surface area contributed by atoms with Crippen LogP contribution in [-0.4, -0.2) is 43.1 Å². The number of imide groups is 1. The molecule has 28 heavy (non-hydrogen) atoms. The molecule has 2 atom stereocenters. The summed E-state index contributed by atoms with van der Waals surface area (Å²) in [5, 5.41) is 9.68. The standard InChI is InChI=1S/C19H17BrN4O4/c1-27-13-5-3-12(4-6-13)24-18(25)16-17(19(24)26)23(22-21-16)10-11-9-14(28-2)7-8-15(11)20/h3-9,16-17H,10H2,1-2H3/t16-,17-/m0/s1. The Morgan fingerprint density at radius 3 is 2.36 bits per heavy atom. The van der Waals surface area contributed by atoms with Crippen LogP contribution in [0.3, 0.4) is 0 Å². The average molecular weight is 445 g/mol. The smallest absolute Gasteiger partial charge is 0.263 e. The van der Waals surface area contributed by atoms with Crippen LogP contribution in [0, 0.1) is 0 Å². The van der Waals surface area contributed by atoms with Crippen LogP contribution in [0.1, 0.15) is 5.56 Å². The average Bonchev–Trinajstić information content (AvgIpc) is 3.23. The van der Waals surface area contributed by atoms with Crippen LogP contribution in [0.25, 0.3) is 0 Å². The minimum absolute atomic E-state index is 0.317. The van der Waals surface area contributed by atoms with Gasteiger partial charge in [0, 0.05) is 4.47 Å². The van der Waals surface area contributed by atoms with E-state index in [0.29, 0.717) is 23.7 Å². The van der Waals surface area contributed by atoms with Crippen molar-refractivity contribution in [3.8, 4) is 11.5 Å². The maximum atomic E-state index is 13.0. The summed E-state index contributed by atoms with van der Waals surface area (Å²) in [4.78, 5) is 27.0. The summed E-state index contributed by atoms with van der Waals surface area (Å²) in [7, 11) is 3.14. The summed E-state index contributed by atoms with van der Waals surface area (Å²) in [5.41, 5.74) is 1.37. The molecule has 4 rings (SSSR count). The second-order valence-corrected chi connectivity index (χ2v) is 7.21. The molecular weight excluding hydrogens is 428 g/mol. The summed E-state index contributed by atoms with van der Waals surface area (Å²) in [6, 6.07) is 10.7. The maximum Gasteiger partial charge on any atom is 0.263 e. The molecule has 2 aliphatic heterocycles. The van der Waals surface area contributed by atoms with Gasteiger partial charge < -0.3 is 9.47 Å². The highest BCUT2D eigenvalue weighted by Gasteiger charge is 2.54. The van der Waals surface area contributed by atoms with E-state index in [-0.39, 0.29) is 11.8 Å². The number of benzene rings is 2. The van der Waals surface area contributed by atoms with E-state index in [9.17, 15) is 9.59 Å². The molecule has 0 saturated carbocycles. The molecule has 2 aromatic carbocycles. The van der Waals surface area contributed by atoms with Gasteiger partial charge in [0.15, 0.2) is 12.1 Å². The number of ether oxygens (including phenoxy) is 2. The maximum absolute atomic E-state index is 13.0. The minimum Gasteiger partial charge on any atom is -0.497 e. The van der Waals surface area contributed by atoms with E-state index >= 15 is 0 Å². The minimum atomic E-state index is -0.834. The van der Waals surface area contributed by atoms with Crippen molar-refractivity contribution < 1.29 is 19.1 Å². The van der Waals surface area contributed by atoms with E-state index in [2.05, 4.69) is 26.3 Å². The molecule has 0 radical (unpaired) electrons. The first-order valence-corrected chi connectivity index (χ1v) is 9.34. The number of hydrogen-bond acceptors (Lipinski definition) is 7. The number of rotatable bonds is 5. The quantitative estimate of drug-likeness (QED) is 0.661. The predicted molar refractivity (Wildman–Crippen MR) is 104 cm³/mol. The fraction of sp³-hybridized carbons (Fsp3) is 0.263. The Bertz CT molecular complexity index is 963. The van der Waals surface area contributed by atoms with E-state index in [0.717, 1.165) is 10.0 Å². The van der Waals surface area contributed by atoms with Crippen LogP contribution in [0.2, 0.25) is 0 Å². The van der Waals surface area contributed by atoms with Gasteiger partial charge in [0.1, 0.15) is 11.5 Å². The summed E-state index contributed by atoms with van der Waals surface area (Å²) in [6.45, 7) is 0.317. The number of hydrogen-bond donors (Lipinski definition) is 0. The Hall–Kier alpha value is -2.94. The number of carbonyl (C=O) groups excluding carboxylic acids is 2. The van der Waals surface area contributed by atoms with Crippen molar-refractivity contribution in [2.24, 2.45) is 10.3 Å². The lowest BCUT2D eigenvalue weighted by Crippen LogP contribution is -2.39. The number of methoxy groups -OCH3 is 2. The third-order valence-corrected chi connectivity index (χ3v) is 5.55. The van der Waals surface area contributed by atoms with E-state index in [4.69, 9.17) is 9.47 Å². The van der Waals surface area contributed by atoms with E-state index in [1.165, 1.54) is 4.90 Å². The van der Waals surface area contributed by atoms with Gasteiger partial charge >= 0.3 is 0 Å². The van der Waals surface area contributed by atoms with Crippen molar-refractivity contribution in [2.75, 3.05) is 19.1 Å². The third-order valence-electron chi connectivity index (χ3n) is 4.77. The van der Waals surface area contributed by atoms with E-state index in [1.54, 1.807) is 43.5 Å². The SMILES string of the molecule is COc1ccc(N2C(=O)[C@H]3N=NN(Cc4cc(OC)ccc4Br)[C@@H]3C2=O)cc1. The summed E-state index contributed by atoms with van der Waals surface area (Å²) in [5.74, 6) is 0.618. The van der Waals surface area contributed by atoms with Crippen molar-refractivity contribution in [2.45, 2.75) is 18.6 Å². The molecule has 0 N–H and O–H groups in total. The molecule has 0 spiro atoms. The number of amides is 2. The molecule has 2 amide bonds. The van der Waals surface area contributed by atoms with Gasteiger partial charge in [0.05, 0.1) is 26.5 Å². The summed E-state index contributed by atoms with van der Waals surface area (Å²) >= 11 is 3.50. The number of anilines is 1. The van der Waals surface area contributed by atoms with Crippen LogP contribution in [0.5, 0.6) is 11.5 Å². The number of fused-ring (bicyclic) bond motifs is 1. The van der Waals surface area contributed by atoms with Crippen molar-refractivity contribution >= 4 is 33.4 Å². The molecule has 0 unspecified atom stereocenters. The second kappa shape index (κ2) is 7.23. The van der Waals surface area contributed by atoms with Gasteiger partial charge in [-0.2, -0.15) is 5.11 Å². The topological polar surface area (TPSA) is 83.8 Å². The predicted octanol–water partition coefficient (Wildman–Crippen LogP) is 2.96. The Morgan fingerprint density at radius 2 is 1.68 bits per heavy atom. The molecule has 2 aromatic rings. The van der Waals surface area contributed by atoms with Crippen molar-refractivity contribution in [1.82, 2.24) is 5.01 Å². The first-order chi connectivity index (χ1) is 13.5. The van der Waals surface area contributed by atoms with Crippen LogP contribution >= 0.6 is 15.9 Å². The van der Waals surface area contributed by atoms with E-state index < -0.39 is 12.1 Å². The van der Waals surface area contributed by atoms with Gasteiger partial charge in [0.2, 0.25) is 0 Å². The lowest BCUT2D eigenvalue weighted by Gasteiger charge is -2.21. The molecule has 1 saturated heterocycles. The molecule has 0 bridgehead atoms. The van der Waals surface area contributed by atoms with Crippen molar-refractivity contribution in [3.63, 3.8) is 0 Å². The van der Waals surface area contributed by atoms with Crippen molar-refractivity contribution in [1.29, 1.82) is 0 Å². The normalized spacial score (nSPS) is 20.7. The third kappa shape index (κ3) is 3.01. The zero-order chi connectivity index (χ0) is 19.8. The van der Waals surface area contributed by atoms with Gasteiger partial charge in [-0.1, -0.05) is 21.2 Å². The molecule has 0 aromatic heterocycles. The first kappa shape index (κ1) is 18.4. The lowest BCUT2D eigenvalue weighted by atomic mass is 10.1. The molecule has 2 aliphatic rings. The van der Waals surface area contributed by atoms with Gasteiger partial charge in [-0.3, -0.25) is 14.6 Å². The molecular formula is C19H17BrN4O4. The van der Waals surface area contributed by atoms with Crippen LogP contribution < -0.4 is 14.4 Å². The highest BCUT2D eigenvalue weighted by Crippen LogP contribution is 2.34. The Kier molecular flexibility index (Phi) is 4.76. The number of halogens is 1. The Labute approximate surface area is 169 Å². The molecule has 0 aliphatic carbocycles. The van der Waals surface area contributed by atoms with E-state index in [1.807, 2.05) is 18.2 Å². The van der Waals surface area contributed by atoms with Gasteiger partial charge in [-0.25, -0.2) is 4.90 Å². The molecule has 1 fully saturated rings. The zero-order valence-electron chi connectivity index (χ0n) is 15.2. The Balaban J connectivity index is 1.59. The van der Waals surface area contributed by atoms with Gasteiger partial charge in [-0.05, 0) is 48.0 Å². The highest BCUT2D eigenvalue weighted by molar-refractivity contribution is 9.10. The number of nitrogens with zero attached hydrogens (tertiary/aromatic N) is 4. The number of carbonyl (C=O) groups is 2. The largest absolute Gasteiger partial charge is 0.497 e. The fourth-order valence-corrected chi connectivity index (χ4v) is 3.69. The van der Waals surface area contributed by atoms with Crippen LogP contribution in [-0.2, 0) is 16.1 Å². The Morgan fingerprint density at radius 1 is 1.00 bits per heavy atom. The van der Waals surface area contributed by atoms with Gasteiger partial charge in [-0.15, -0.1) is 0 Å². The monoisotopic (exact) mass is 444 g/mol. The van der Waals surface area contributed by atoms with Crippen molar-refractivity contribution in [3.05, 3.63) is 52.5 Å². The second-order valence-electron chi connectivity index (χ2n) is 6.36. The summed E-state index contributed by atoms with van der Waals surface area (Å²) in [6.07, 6.45) is 0.